The zero-order valence-corrected chi connectivity index (χ0v) is 15.2. The molecule has 5 heteroatoms. The van der Waals surface area contributed by atoms with Crippen LogP contribution in [0.3, 0.4) is 0 Å². The molecule has 0 atom stereocenters. The van der Waals surface area contributed by atoms with Crippen molar-refractivity contribution >= 4 is 0 Å². The zero-order valence-electron chi connectivity index (χ0n) is 15.2. The van der Waals surface area contributed by atoms with Gasteiger partial charge in [-0.25, -0.2) is 0 Å². The van der Waals surface area contributed by atoms with E-state index in [-0.39, 0.29) is 0 Å². The molecule has 0 fully saturated rings. The van der Waals surface area contributed by atoms with Crippen LogP contribution in [0.2, 0.25) is 0 Å². The van der Waals surface area contributed by atoms with Crippen LogP contribution in [0.25, 0.3) is 0 Å². The molecule has 0 heterocycles. The second-order valence-corrected chi connectivity index (χ2v) is 7.13. The van der Waals surface area contributed by atoms with Gasteiger partial charge in [0, 0.05) is 0 Å². The summed E-state index contributed by atoms with van der Waals surface area (Å²) in [5.41, 5.74) is 0. The molecule has 0 radical (unpaired) electrons. The number of quaternary nitrogens is 2. The van der Waals surface area contributed by atoms with E-state index in [1.54, 1.807) is 0 Å². The van der Waals surface area contributed by atoms with E-state index in [0.29, 0.717) is 27.0 Å². The summed E-state index contributed by atoms with van der Waals surface area (Å²) >= 11 is 0. The maximum atomic E-state index is 5.56. The van der Waals surface area contributed by atoms with Gasteiger partial charge >= 0.3 is 0 Å². The van der Waals surface area contributed by atoms with Gasteiger partial charge in [0.25, 0.3) is 0 Å². The van der Waals surface area contributed by atoms with E-state index < -0.39 is 0 Å². The first-order valence-corrected chi connectivity index (χ1v) is 8.20. The van der Waals surface area contributed by atoms with Crippen molar-refractivity contribution in [2.24, 2.45) is 0 Å². The Labute approximate surface area is 131 Å². The largest absolute Gasteiger partial charge is 0.329 e. The van der Waals surface area contributed by atoms with Crippen molar-refractivity contribution in [1.82, 2.24) is 0 Å². The zero-order chi connectivity index (χ0) is 16.2. The summed E-state index contributed by atoms with van der Waals surface area (Å²) in [6.45, 7) is 8.65. The van der Waals surface area contributed by atoms with Gasteiger partial charge in [-0.1, -0.05) is 26.7 Å². The van der Waals surface area contributed by atoms with Gasteiger partial charge in [0.1, 0.15) is 0 Å². The van der Waals surface area contributed by atoms with E-state index in [2.05, 4.69) is 42.0 Å². The van der Waals surface area contributed by atoms with Crippen LogP contribution in [0, 0.1) is 0 Å². The number of nitrogens with zero attached hydrogens (tertiary/aromatic N) is 2. The molecule has 0 unspecified atom stereocenters. The van der Waals surface area contributed by atoms with Gasteiger partial charge in [-0.05, 0) is 12.8 Å². The van der Waals surface area contributed by atoms with E-state index in [0.717, 1.165) is 22.1 Å². The Hall–Kier alpha value is -0.200. The normalized spacial score (nSPS) is 12.9. The quantitative estimate of drug-likeness (QED) is 0.280. The SMILES string of the molecule is CCCC[N+](C)(C)COCOCOC[N+](C)(C)CCCC. The molecule has 0 aromatic carbocycles. The molecule has 0 saturated carbocycles. The maximum absolute atomic E-state index is 5.56. The standard InChI is InChI=1S/C16H38N2O3/c1-7-9-11-17(3,4)13-19-15-21-16-20-14-18(5,6)12-10-8-2/h7-16H2,1-6H3/q+2. The number of hydrogen-bond acceptors (Lipinski definition) is 3. The average Bonchev–Trinajstić information content (AvgIpc) is 2.42. The minimum Gasteiger partial charge on any atom is -0.329 e. The molecule has 0 aromatic rings. The molecule has 0 aromatic heterocycles. The fraction of sp³-hybridized carbons (Fsp3) is 1.00. The first-order valence-electron chi connectivity index (χ1n) is 8.20. The van der Waals surface area contributed by atoms with Gasteiger partial charge in [-0.15, -0.1) is 0 Å². The van der Waals surface area contributed by atoms with Crippen molar-refractivity contribution in [3.05, 3.63) is 0 Å². The van der Waals surface area contributed by atoms with Crippen LogP contribution in [-0.4, -0.2) is 77.3 Å². The summed E-state index contributed by atoms with van der Waals surface area (Å²) in [5, 5.41) is 0. The number of unbranched alkanes of at least 4 members (excludes halogenated alkanes) is 2. The average molecular weight is 306 g/mol. The number of ether oxygens (including phenoxy) is 3. The number of hydrogen-bond donors (Lipinski definition) is 0. The predicted octanol–water partition coefficient (Wildman–Crippen LogP) is 2.62. The molecule has 21 heavy (non-hydrogen) atoms. The van der Waals surface area contributed by atoms with Gasteiger partial charge in [-0.3, -0.25) is 0 Å². The summed E-state index contributed by atoms with van der Waals surface area (Å²) in [5.74, 6) is 0. The van der Waals surface area contributed by atoms with Crippen LogP contribution < -0.4 is 0 Å². The first-order chi connectivity index (χ1) is 9.83. The van der Waals surface area contributed by atoms with Crippen molar-refractivity contribution in [2.45, 2.75) is 39.5 Å². The summed E-state index contributed by atoms with van der Waals surface area (Å²) in [6, 6.07) is 0. The molecule has 0 spiro atoms. The van der Waals surface area contributed by atoms with Gasteiger partial charge in [0.05, 0.1) is 41.3 Å². The maximum Gasteiger partial charge on any atom is 0.185 e. The lowest BCUT2D eigenvalue weighted by Crippen LogP contribution is -2.43. The highest BCUT2D eigenvalue weighted by Crippen LogP contribution is 2.03. The lowest BCUT2D eigenvalue weighted by Gasteiger charge is -2.29. The van der Waals surface area contributed by atoms with Crippen LogP contribution in [0.1, 0.15) is 39.5 Å². The highest BCUT2D eigenvalue weighted by atomic mass is 16.7. The van der Waals surface area contributed by atoms with E-state index in [1.807, 2.05) is 0 Å². The minimum atomic E-state index is 0.302. The predicted molar refractivity (Wildman–Crippen MR) is 86.5 cm³/mol. The van der Waals surface area contributed by atoms with Gasteiger partial charge < -0.3 is 23.2 Å². The van der Waals surface area contributed by atoms with Crippen molar-refractivity contribution in [2.75, 3.05) is 68.3 Å². The van der Waals surface area contributed by atoms with Gasteiger partial charge in [0.2, 0.25) is 0 Å². The Morgan fingerprint density at radius 2 is 1.00 bits per heavy atom. The monoisotopic (exact) mass is 306 g/mol. The minimum absolute atomic E-state index is 0.302. The lowest BCUT2D eigenvalue weighted by atomic mass is 10.3. The van der Waals surface area contributed by atoms with Gasteiger partial charge in [0.15, 0.2) is 27.0 Å². The second kappa shape index (κ2) is 11.4. The van der Waals surface area contributed by atoms with Crippen LogP contribution in [0.15, 0.2) is 0 Å². The summed E-state index contributed by atoms with van der Waals surface area (Å²) < 4.78 is 18.2. The summed E-state index contributed by atoms with van der Waals surface area (Å²) in [7, 11) is 8.72. The van der Waals surface area contributed by atoms with Crippen molar-refractivity contribution in [3.8, 4) is 0 Å². The molecular formula is C16H38N2O3+2. The molecule has 0 aliphatic heterocycles. The van der Waals surface area contributed by atoms with E-state index in [4.69, 9.17) is 14.2 Å². The molecule has 0 saturated heterocycles. The van der Waals surface area contributed by atoms with E-state index in [9.17, 15) is 0 Å². The smallest absolute Gasteiger partial charge is 0.185 e. The Bertz CT molecular complexity index is 222. The molecule has 128 valence electrons. The third kappa shape index (κ3) is 13.2. The topological polar surface area (TPSA) is 27.7 Å². The number of rotatable bonds is 14. The Morgan fingerprint density at radius 3 is 1.33 bits per heavy atom. The molecule has 0 bridgehead atoms. The molecule has 0 aliphatic carbocycles. The molecule has 0 aliphatic rings. The molecule has 0 rings (SSSR count). The van der Waals surface area contributed by atoms with Crippen LogP contribution in [-0.2, 0) is 14.2 Å². The fourth-order valence-electron chi connectivity index (χ4n) is 2.02. The molecule has 0 amide bonds. The second-order valence-electron chi connectivity index (χ2n) is 7.13. The third-order valence-electron chi connectivity index (χ3n) is 3.45. The van der Waals surface area contributed by atoms with Crippen molar-refractivity contribution in [3.63, 3.8) is 0 Å². The fourth-order valence-corrected chi connectivity index (χ4v) is 2.02. The van der Waals surface area contributed by atoms with Crippen LogP contribution in [0.5, 0.6) is 0 Å². The third-order valence-corrected chi connectivity index (χ3v) is 3.45. The van der Waals surface area contributed by atoms with E-state index >= 15 is 0 Å². The van der Waals surface area contributed by atoms with Crippen molar-refractivity contribution in [1.29, 1.82) is 0 Å². The van der Waals surface area contributed by atoms with E-state index in [1.165, 1.54) is 25.7 Å². The van der Waals surface area contributed by atoms with Crippen LogP contribution in [0.4, 0.5) is 0 Å². The molecule has 5 nitrogen and oxygen atoms in total. The Morgan fingerprint density at radius 1 is 0.619 bits per heavy atom. The van der Waals surface area contributed by atoms with Crippen molar-refractivity contribution < 1.29 is 23.2 Å². The lowest BCUT2D eigenvalue weighted by molar-refractivity contribution is -0.912. The Balaban J connectivity index is 3.51. The van der Waals surface area contributed by atoms with Crippen LogP contribution >= 0.6 is 0 Å². The summed E-state index contributed by atoms with van der Waals surface area (Å²) in [4.78, 5) is 0. The van der Waals surface area contributed by atoms with Gasteiger partial charge in [-0.2, -0.15) is 0 Å². The molecule has 0 N–H and O–H groups in total. The summed E-state index contributed by atoms with van der Waals surface area (Å²) in [6.07, 6.45) is 4.90. The highest BCUT2D eigenvalue weighted by molar-refractivity contribution is 4.32. The first kappa shape index (κ1) is 20.8. The highest BCUT2D eigenvalue weighted by Gasteiger charge is 2.15. The molecular weight excluding hydrogens is 268 g/mol. The Kier molecular flexibility index (Phi) is 11.3.